The summed E-state index contributed by atoms with van der Waals surface area (Å²) >= 11 is 0. The molecule has 0 spiro atoms. The number of carboxylic acid groups (broad SMARTS) is 1. The lowest BCUT2D eigenvalue weighted by Crippen LogP contribution is -2.26. The molecule has 4 heteroatoms. The van der Waals surface area contributed by atoms with Gasteiger partial charge in [0.05, 0.1) is 5.41 Å². The summed E-state index contributed by atoms with van der Waals surface area (Å²) in [7, 11) is 0. The molecule has 0 aliphatic rings. The van der Waals surface area contributed by atoms with Crippen molar-refractivity contribution in [2.45, 2.75) is 40.2 Å². The van der Waals surface area contributed by atoms with Crippen molar-refractivity contribution >= 4 is 5.97 Å². The second-order valence-corrected chi connectivity index (χ2v) is 4.95. The summed E-state index contributed by atoms with van der Waals surface area (Å²) < 4.78 is 1.68. The van der Waals surface area contributed by atoms with E-state index in [1.165, 1.54) is 6.07 Å². The Balaban J connectivity index is 2.64. The molecule has 0 fully saturated rings. The number of carboxylic acids is 1. The highest BCUT2D eigenvalue weighted by atomic mass is 16.4. The summed E-state index contributed by atoms with van der Waals surface area (Å²) in [5.74, 6) is -0.797. The van der Waals surface area contributed by atoms with Gasteiger partial charge in [0.1, 0.15) is 0 Å². The monoisotopic (exact) mass is 237 g/mol. The zero-order chi connectivity index (χ0) is 13.1. The molecule has 0 radical (unpaired) electrons. The molecule has 1 N–H and O–H groups in total. The van der Waals surface area contributed by atoms with E-state index >= 15 is 0 Å². The van der Waals surface area contributed by atoms with Gasteiger partial charge in [-0.25, -0.2) is 0 Å². The second kappa shape index (κ2) is 5.17. The third-order valence-corrected chi connectivity index (χ3v) is 3.03. The summed E-state index contributed by atoms with van der Waals surface area (Å²) in [6.07, 6.45) is 1.24. The van der Waals surface area contributed by atoms with Crippen molar-refractivity contribution in [2.24, 2.45) is 5.41 Å². The Kier molecular flexibility index (Phi) is 4.10. The van der Waals surface area contributed by atoms with E-state index < -0.39 is 11.4 Å². The first kappa shape index (κ1) is 13.5. The average Bonchev–Trinajstić information content (AvgIpc) is 2.22. The Morgan fingerprint density at radius 3 is 2.59 bits per heavy atom. The van der Waals surface area contributed by atoms with Crippen LogP contribution >= 0.6 is 0 Å². The van der Waals surface area contributed by atoms with Crippen LogP contribution in [0.15, 0.2) is 23.0 Å². The molecule has 0 atom stereocenters. The lowest BCUT2D eigenvalue weighted by Gasteiger charge is -2.19. The summed E-state index contributed by atoms with van der Waals surface area (Å²) in [5, 5.41) is 8.98. The van der Waals surface area contributed by atoms with E-state index in [1.54, 1.807) is 24.5 Å². The van der Waals surface area contributed by atoms with Crippen LogP contribution in [0.3, 0.4) is 0 Å². The molecule has 0 saturated heterocycles. The first-order valence-electron chi connectivity index (χ1n) is 5.74. The van der Waals surface area contributed by atoms with Crippen molar-refractivity contribution in [1.29, 1.82) is 0 Å². The molecule has 0 amide bonds. The largest absolute Gasteiger partial charge is 0.481 e. The van der Waals surface area contributed by atoms with Gasteiger partial charge in [-0.05, 0) is 39.7 Å². The highest BCUT2D eigenvalue weighted by molar-refractivity contribution is 5.73. The zero-order valence-corrected chi connectivity index (χ0v) is 10.6. The number of carbonyl (C=O) groups is 1. The second-order valence-electron chi connectivity index (χ2n) is 4.95. The minimum Gasteiger partial charge on any atom is -0.481 e. The molecular formula is C13H19NO3. The van der Waals surface area contributed by atoms with Crippen LogP contribution in [0.25, 0.3) is 0 Å². The molecule has 1 heterocycles. The summed E-state index contributed by atoms with van der Waals surface area (Å²) in [5.41, 5.74) is 0.149. The fourth-order valence-electron chi connectivity index (χ4n) is 1.70. The average molecular weight is 237 g/mol. The summed E-state index contributed by atoms with van der Waals surface area (Å²) in [4.78, 5) is 22.5. The van der Waals surface area contributed by atoms with Gasteiger partial charge in [0.2, 0.25) is 0 Å². The Hall–Kier alpha value is -1.58. The van der Waals surface area contributed by atoms with Crippen LogP contribution in [0.1, 0.15) is 32.4 Å². The van der Waals surface area contributed by atoms with Gasteiger partial charge >= 0.3 is 5.97 Å². The number of rotatable bonds is 5. The van der Waals surface area contributed by atoms with Crippen LogP contribution in [-0.2, 0) is 11.3 Å². The van der Waals surface area contributed by atoms with Crippen molar-refractivity contribution in [3.05, 3.63) is 34.2 Å². The Morgan fingerprint density at radius 2 is 2.06 bits per heavy atom. The number of nitrogens with zero attached hydrogens (tertiary/aromatic N) is 1. The molecular weight excluding hydrogens is 218 g/mol. The van der Waals surface area contributed by atoms with Gasteiger partial charge in [-0.1, -0.05) is 6.07 Å². The van der Waals surface area contributed by atoms with E-state index in [-0.39, 0.29) is 5.56 Å². The van der Waals surface area contributed by atoms with E-state index in [0.29, 0.717) is 19.4 Å². The third-order valence-electron chi connectivity index (χ3n) is 3.03. The molecule has 0 saturated carbocycles. The van der Waals surface area contributed by atoms with Crippen LogP contribution in [0, 0.1) is 12.3 Å². The number of aromatic nitrogens is 1. The molecule has 0 aliphatic heterocycles. The summed E-state index contributed by atoms with van der Waals surface area (Å²) in [6, 6.07) is 5.13. The number of aryl methyl sites for hydroxylation is 1. The number of aliphatic carboxylic acids is 1. The molecule has 94 valence electrons. The van der Waals surface area contributed by atoms with Gasteiger partial charge in [0.15, 0.2) is 0 Å². The lowest BCUT2D eigenvalue weighted by atomic mass is 9.88. The van der Waals surface area contributed by atoms with Crippen molar-refractivity contribution in [3.63, 3.8) is 0 Å². The normalized spacial score (nSPS) is 11.5. The summed E-state index contributed by atoms with van der Waals surface area (Å²) in [6.45, 7) is 5.86. The third kappa shape index (κ3) is 3.44. The molecule has 17 heavy (non-hydrogen) atoms. The van der Waals surface area contributed by atoms with Crippen molar-refractivity contribution < 1.29 is 9.90 Å². The molecule has 0 aromatic carbocycles. The number of hydrogen-bond donors (Lipinski definition) is 1. The van der Waals surface area contributed by atoms with Gasteiger partial charge in [0, 0.05) is 18.3 Å². The molecule has 0 unspecified atom stereocenters. The van der Waals surface area contributed by atoms with Crippen LogP contribution in [0.4, 0.5) is 0 Å². The minimum absolute atomic E-state index is 0.0295. The van der Waals surface area contributed by atoms with E-state index in [4.69, 9.17) is 5.11 Å². The van der Waals surface area contributed by atoms with Crippen LogP contribution < -0.4 is 5.56 Å². The Morgan fingerprint density at radius 1 is 1.41 bits per heavy atom. The van der Waals surface area contributed by atoms with Crippen molar-refractivity contribution in [1.82, 2.24) is 4.57 Å². The zero-order valence-electron chi connectivity index (χ0n) is 10.6. The highest BCUT2D eigenvalue weighted by Crippen LogP contribution is 2.22. The lowest BCUT2D eigenvalue weighted by molar-refractivity contribution is -0.147. The Bertz CT molecular complexity index is 460. The van der Waals surface area contributed by atoms with E-state index in [2.05, 4.69) is 0 Å². The number of hydrogen-bond acceptors (Lipinski definition) is 2. The molecule has 1 aromatic heterocycles. The number of pyridine rings is 1. The van der Waals surface area contributed by atoms with Gasteiger partial charge in [0.25, 0.3) is 5.56 Å². The maximum atomic E-state index is 11.6. The highest BCUT2D eigenvalue weighted by Gasteiger charge is 2.26. The quantitative estimate of drug-likeness (QED) is 0.852. The molecule has 1 aromatic rings. The Labute approximate surface area is 101 Å². The maximum absolute atomic E-state index is 11.6. The van der Waals surface area contributed by atoms with Crippen LogP contribution in [0.5, 0.6) is 0 Å². The van der Waals surface area contributed by atoms with Gasteiger partial charge in [-0.3, -0.25) is 9.59 Å². The van der Waals surface area contributed by atoms with Crippen LogP contribution in [0.2, 0.25) is 0 Å². The van der Waals surface area contributed by atoms with Gasteiger partial charge in [-0.2, -0.15) is 0 Å². The molecule has 0 aliphatic carbocycles. The van der Waals surface area contributed by atoms with Crippen LogP contribution in [-0.4, -0.2) is 15.6 Å². The molecule has 4 nitrogen and oxygen atoms in total. The standard InChI is InChI=1S/C13H19NO3/c1-10-6-4-7-11(15)14(10)9-5-8-13(2,3)12(16)17/h4,6-7H,5,8-9H2,1-3H3,(H,16,17). The first-order valence-corrected chi connectivity index (χ1v) is 5.74. The predicted molar refractivity (Wildman–Crippen MR) is 66.1 cm³/mol. The topological polar surface area (TPSA) is 59.3 Å². The fourth-order valence-corrected chi connectivity index (χ4v) is 1.70. The van der Waals surface area contributed by atoms with E-state index in [0.717, 1.165) is 5.69 Å². The fraction of sp³-hybridized carbons (Fsp3) is 0.538. The molecule has 0 bridgehead atoms. The SMILES string of the molecule is Cc1cccc(=O)n1CCCC(C)(C)C(=O)O. The first-order chi connectivity index (χ1) is 7.84. The van der Waals surface area contributed by atoms with E-state index in [1.807, 2.05) is 13.0 Å². The minimum atomic E-state index is -0.797. The van der Waals surface area contributed by atoms with Crippen molar-refractivity contribution in [3.8, 4) is 0 Å². The van der Waals surface area contributed by atoms with Gasteiger partial charge < -0.3 is 9.67 Å². The van der Waals surface area contributed by atoms with Gasteiger partial charge in [-0.15, -0.1) is 0 Å². The predicted octanol–water partition coefficient (Wildman–Crippen LogP) is 2.05. The smallest absolute Gasteiger partial charge is 0.309 e. The maximum Gasteiger partial charge on any atom is 0.309 e. The van der Waals surface area contributed by atoms with Crippen molar-refractivity contribution in [2.75, 3.05) is 0 Å². The van der Waals surface area contributed by atoms with E-state index in [9.17, 15) is 9.59 Å². The molecule has 1 rings (SSSR count).